The van der Waals surface area contributed by atoms with E-state index in [1.807, 2.05) is 38.1 Å². The fourth-order valence-electron chi connectivity index (χ4n) is 3.16. The van der Waals surface area contributed by atoms with Crippen LogP contribution in [0, 0.1) is 6.92 Å². The minimum Gasteiger partial charge on any atom is -0.493 e. The number of aryl methyl sites for hydroxylation is 1. The Bertz CT molecular complexity index is 951. The average molecular weight is 369 g/mol. The maximum absolute atomic E-state index is 12.8. The van der Waals surface area contributed by atoms with Crippen LogP contribution < -0.4 is 19.5 Å². The normalized spacial score (nSPS) is 11.9. The van der Waals surface area contributed by atoms with Gasteiger partial charge in [-0.15, -0.1) is 0 Å². The predicted octanol–water partition coefficient (Wildman–Crippen LogP) is 4.26. The summed E-state index contributed by atoms with van der Waals surface area (Å²) in [6.07, 6.45) is 0. The maximum atomic E-state index is 12.8. The zero-order chi connectivity index (χ0) is 19.6. The number of nitrogens with one attached hydrogen (secondary N) is 1. The molecule has 6 heteroatoms. The molecule has 142 valence electrons. The molecule has 1 amide bonds. The number of methoxy groups -OCH3 is 3. The number of amides is 1. The molecule has 0 bridgehead atoms. The number of carbonyl (C=O) groups excluding carboxylic acids is 1. The molecule has 1 aromatic heterocycles. The quantitative estimate of drug-likeness (QED) is 0.703. The summed E-state index contributed by atoms with van der Waals surface area (Å²) in [6, 6.07) is 10.8. The van der Waals surface area contributed by atoms with E-state index in [-0.39, 0.29) is 11.9 Å². The maximum Gasteiger partial charge on any atom is 0.252 e. The van der Waals surface area contributed by atoms with Crippen molar-refractivity contribution in [1.82, 2.24) is 5.32 Å². The van der Waals surface area contributed by atoms with Gasteiger partial charge in [0, 0.05) is 16.5 Å². The van der Waals surface area contributed by atoms with E-state index >= 15 is 0 Å². The molecule has 1 heterocycles. The van der Waals surface area contributed by atoms with Crippen molar-refractivity contribution in [2.45, 2.75) is 19.9 Å². The van der Waals surface area contributed by atoms with Gasteiger partial charge in [-0.1, -0.05) is 18.2 Å². The van der Waals surface area contributed by atoms with Crippen LogP contribution in [-0.2, 0) is 0 Å². The number of fused-ring (bicyclic) bond motifs is 1. The Labute approximate surface area is 158 Å². The standard InChI is InChI=1S/C21H23NO5/c1-12-15-8-6-7-9-16(15)27-19(12)13(2)22-21(23)14-10-17(24-3)20(26-5)18(11-14)25-4/h6-11,13H,1-5H3,(H,22,23). The molecule has 1 N–H and O–H groups in total. The Morgan fingerprint density at radius 3 is 2.22 bits per heavy atom. The molecule has 6 nitrogen and oxygen atoms in total. The summed E-state index contributed by atoms with van der Waals surface area (Å²) in [5.74, 6) is 1.76. The second-order valence-corrected chi connectivity index (χ2v) is 6.20. The number of furan rings is 1. The van der Waals surface area contributed by atoms with E-state index in [2.05, 4.69) is 5.32 Å². The number of rotatable bonds is 6. The van der Waals surface area contributed by atoms with Crippen molar-refractivity contribution >= 4 is 16.9 Å². The topological polar surface area (TPSA) is 69.9 Å². The van der Waals surface area contributed by atoms with Crippen LogP contribution in [0.2, 0.25) is 0 Å². The number of carbonyl (C=O) groups is 1. The second kappa shape index (κ2) is 7.61. The molecule has 0 fully saturated rings. The lowest BCUT2D eigenvalue weighted by molar-refractivity contribution is 0.0934. The van der Waals surface area contributed by atoms with Gasteiger partial charge in [0.2, 0.25) is 5.75 Å². The minimum atomic E-state index is -0.302. The molecule has 27 heavy (non-hydrogen) atoms. The number of hydrogen-bond donors (Lipinski definition) is 1. The number of ether oxygens (including phenoxy) is 3. The third-order valence-electron chi connectivity index (χ3n) is 4.55. The number of para-hydroxylation sites is 1. The van der Waals surface area contributed by atoms with Gasteiger partial charge < -0.3 is 23.9 Å². The third-order valence-corrected chi connectivity index (χ3v) is 4.55. The van der Waals surface area contributed by atoms with E-state index in [4.69, 9.17) is 18.6 Å². The fraction of sp³-hybridized carbons (Fsp3) is 0.286. The third kappa shape index (κ3) is 3.43. The lowest BCUT2D eigenvalue weighted by atomic mass is 10.1. The summed E-state index contributed by atoms with van der Waals surface area (Å²) in [7, 11) is 4.55. The van der Waals surface area contributed by atoms with E-state index in [9.17, 15) is 4.79 Å². The van der Waals surface area contributed by atoms with Gasteiger partial charge in [-0.25, -0.2) is 0 Å². The molecule has 3 rings (SSSR count). The Balaban J connectivity index is 1.89. The van der Waals surface area contributed by atoms with Gasteiger partial charge in [-0.3, -0.25) is 4.79 Å². The first kappa shape index (κ1) is 18.6. The first-order valence-electron chi connectivity index (χ1n) is 8.59. The number of benzene rings is 2. The monoisotopic (exact) mass is 369 g/mol. The zero-order valence-electron chi connectivity index (χ0n) is 16.1. The van der Waals surface area contributed by atoms with Crippen LogP contribution in [-0.4, -0.2) is 27.2 Å². The van der Waals surface area contributed by atoms with Crippen LogP contribution in [0.15, 0.2) is 40.8 Å². The highest BCUT2D eigenvalue weighted by atomic mass is 16.5. The summed E-state index contributed by atoms with van der Waals surface area (Å²) in [6.45, 7) is 3.88. The van der Waals surface area contributed by atoms with Crippen molar-refractivity contribution < 1.29 is 23.4 Å². The predicted molar refractivity (Wildman–Crippen MR) is 103 cm³/mol. The van der Waals surface area contributed by atoms with Crippen LogP contribution in [0.25, 0.3) is 11.0 Å². The van der Waals surface area contributed by atoms with E-state index in [1.54, 1.807) is 12.1 Å². The molecule has 2 aromatic carbocycles. The molecule has 0 aliphatic heterocycles. The molecular formula is C21H23NO5. The van der Waals surface area contributed by atoms with Crippen molar-refractivity contribution in [2.75, 3.05) is 21.3 Å². The lowest BCUT2D eigenvalue weighted by Gasteiger charge is -2.16. The Morgan fingerprint density at radius 2 is 1.67 bits per heavy atom. The molecule has 0 aliphatic carbocycles. The highest BCUT2D eigenvalue weighted by molar-refractivity contribution is 5.96. The SMILES string of the molecule is COc1cc(C(=O)NC(C)c2oc3ccccc3c2C)cc(OC)c1OC. The van der Waals surface area contributed by atoms with Crippen LogP contribution in [0.3, 0.4) is 0 Å². The summed E-state index contributed by atoms with van der Waals surface area (Å²) in [4.78, 5) is 12.8. The second-order valence-electron chi connectivity index (χ2n) is 6.20. The van der Waals surface area contributed by atoms with Gasteiger partial charge in [-0.05, 0) is 32.0 Å². The van der Waals surface area contributed by atoms with Crippen LogP contribution >= 0.6 is 0 Å². The lowest BCUT2D eigenvalue weighted by Crippen LogP contribution is -2.26. The molecule has 0 radical (unpaired) electrons. The smallest absolute Gasteiger partial charge is 0.252 e. The molecule has 3 aromatic rings. The first-order valence-corrected chi connectivity index (χ1v) is 8.59. The van der Waals surface area contributed by atoms with Crippen molar-refractivity contribution in [3.63, 3.8) is 0 Å². The molecule has 0 spiro atoms. The molecule has 0 saturated carbocycles. The Hall–Kier alpha value is -3.15. The van der Waals surface area contributed by atoms with Crippen LogP contribution in [0.4, 0.5) is 0 Å². The van der Waals surface area contributed by atoms with Gasteiger partial charge in [0.15, 0.2) is 11.5 Å². The van der Waals surface area contributed by atoms with Gasteiger partial charge in [0.1, 0.15) is 11.3 Å². The Morgan fingerprint density at radius 1 is 1.04 bits per heavy atom. The molecule has 1 atom stereocenters. The van der Waals surface area contributed by atoms with E-state index < -0.39 is 0 Å². The van der Waals surface area contributed by atoms with Crippen molar-refractivity contribution in [3.8, 4) is 17.2 Å². The first-order chi connectivity index (χ1) is 13.0. The summed E-state index contributed by atoms with van der Waals surface area (Å²) >= 11 is 0. The highest BCUT2D eigenvalue weighted by Gasteiger charge is 2.21. The van der Waals surface area contributed by atoms with Crippen LogP contribution in [0.1, 0.15) is 34.6 Å². The van der Waals surface area contributed by atoms with Crippen molar-refractivity contribution in [1.29, 1.82) is 0 Å². The summed E-state index contributed by atoms with van der Waals surface area (Å²) in [5, 5.41) is 4.01. The van der Waals surface area contributed by atoms with Gasteiger partial charge in [0.05, 0.1) is 27.4 Å². The number of hydrogen-bond acceptors (Lipinski definition) is 5. The van der Waals surface area contributed by atoms with Gasteiger partial charge >= 0.3 is 0 Å². The van der Waals surface area contributed by atoms with E-state index in [1.165, 1.54) is 21.3 Å². The van der Waals surface area contributed by atoms with Crippen molar-refractivity contribution in [2.24, 2.45) is 0 Å². The van der Waals surface area contributed by atoms with E-state index in [0.29, 0.717) is 22.8 Å². The zero-order valence-corrected chi connectivity index (χ0v) is 16.1. The van der Waals surface area contributed by atoms with Crippen molar-refractivity contribution in [3.05, 3.63) is 53.3 Å². The Kier molecular flexibility index (Phi) is 5.26. The molecule has 1 unspecified atom stereocenters. The highest BCUT2D eigenvalue weighted by Crippen LogP contribution is 2.38. The van der Waals surface area contributed by atoms with Gasteiger partial charge in [-0.2, -0.15) is 0 Å². The fourth-order valence-corrected chi connectivity index (χ4v) is 3.16. The summed E-state index contributed by atoms with van der Waals surface area (Å²) < 4.78 is 21.9. The minimum absolute atomic E-state index is 0.262. The molecule has 0 saturated heterocycles. The molecular weight excluding hydrogens is 346 g/mol. The van der Waals surface area contributed by atoms with Gasteiger partial charge in [0.25, 0.3) is 5.91 Å². The average Bonchev–Trinajstić information content (AvgIpc) is 3.03. The largest absolute Gasteiger partial charge is 0.493 e. The van der Waals surface area contributed by atoms with E-state index in [0.717, 1.165) is 22.3 Å². The van der Waals surface area contributed by atoms with Crippen LogP contribution in [0.5, 0.6) is 17.2 Å². The summed E-state index contributed by atoms with van der Waals surface area (Å²) in [5.41, 5.74) is 2.23. The molecule has 0 aliphatic rings.